The SMILES string of the molecule is CCOc1ccc(-c2ccc(CCc3ccc(C4=CCC(CO)CC4)c(F)c3F)cc2)c(F)c1. The molecule has 3 aromatic rings. The normalized spacial score (nSPS) is 15.8. The van der Waals surface area contributed by atoms with E-state index < -0.39 is 11.6 Å². The van der Waals surface area contributed by atoms with Gasteiger partial charge in [0.2, 0.25) is 0 Å². The van der Waals surface area contributed by atoms with Gasteiger partial charge in [-0.05, 0) is 79.3 Å². The topological polar surface area (TPSA) is 29.5 Å². The number of benzene rings is 3. The lowest BCUT2D eigenvalue weighted by atomic mass is 9.86. The second-order valence-corrected chi connectivity index (χ2v) is 8.72. The van der Waals surface area contributed by atoms with Crippen LogP contribution in [0, 0.1) is 23.4 Å². The van der Waals surface area contributed by atoms with Gasteiger partial charge in [-0.3, -0.25) is 0 Å². The van der Waals surface area contributed by atoms with Gasteiger partial charge in [0, 0.05) is 23.8 Å². The standard InChI is InChI=1S/C29H29F3O2/c1-2-34-24-14-16-25(27(30)17-24)21-8-3-19(4-9-21)5-12-23-13-15-26(29(32)28(23)31)22-10-6-20(18-33)7-11-22/h3-4,8-10,13-17,20,33H,2,5-7,11-12,18H2,1H3. The van der Waals surface area contributed by atoms with Crippen molar-refractivity contribution >= 4 is 5.57 Å². The van der Waals surface area contributed by atoms with Crippen molar-refractivity contribution < 1.29 is 23.0 Å². The van der Waals surface area contributed by atoms with Crippen molar-refractivity contribution in [1.82, 2.24) is 0 Å². The van der Waals surface area contributed by atoms with Gasteiger partial charge in [-0.1, -0.05) is 42.5 Å². The first-order chi connectivity index (χ1) is 16.5. The Morgan fingerprint density at radius 1 is 0.912 bits per heavy atom. The Morgan fingerprint density at radius 2 is 1.68 bits per heavy atom. The van der Waals surface area contributed by atoms with Gasteiger partial charge in [0.25, 0.3) is 0 Å². The Bertz CT molecular complexity index is 1170. The van der Waals surface area contributed by atoms with Crippen molar-refractivity contribution in [3.63, 3.8) is 0 Å². The summed E-state index contributed by atoms with van der Waals surface area (Å²) in [6.07, 6.45) is 4.93. The number of rotatable bonds is 8. The van der Waals surface area contributed by atoms with Crippen molar-refractivity contribution in [2.24, 2.45) is 5.92 Å². The highest BCUT2D eigenvalue weighted by Crippen LogP contribution is 2.33. The number of ether oxygens (including phenoxy) is 1. The van der Waals surface area contributed by atoms with E-state index in [-0.39, 0.29) is 18.3 Å². The lowest BCUT2D eigenvalue weighted by Gasteiger charge is -2.21. The molecule has 4 rings (SSSR count). The molecule has 0 bridgehead atoms. The molecule has 1 aliphatic rings. The van der Waals surface area contributed by atoms with Gasteiger partial charge in [-0.15, -0.1) is 0 Å². The van der Waals surface area contributed by atoms with Gasteiger partial charge in [0.05, 0.1) is 6.61 Å². The molecule has 5 heteroatoms. The highest BCUT2D eigenvalue weighted by atomic mass is 19.2. The van der Waals surface area contributed by atoms with E-state index in [2.05, 4.69) is 0 Å². The molecule has 2 nitrogen and oxygen atoms in total. The van der Waals surface area contributed by atoms with Crippen LogP contribution in [0.5, 0.6) is 5.75 Å². The predicted molar refractivity (Wildman–Crippen MR) is 129 cm³/mol. The van der Waals surface area contributed by atoms with Crippen LogP contribution in [0.1, 0.15) is 42.9 Å². The minimum Gasteiger partial charge on any atom is -0.494 e. The third-order valence-electron chi connectivity index (χ3n) is 6.49. The molecule has 1 aliphatic carbocycles. The summed E-state index contributed by atoms with van der Waals surface area (Å²) in [6.45, 7) is 2.45. The van der Waals surface area contributed by atoms with E-state index in [1.165, 1.54) is 6.07 Å². The van der Waals surface area contributed by atoms with Crippen molar-refractivity contribution in [3.05, 3.63) is 94.8 Å². The average Bonchev–Trinajstić information content (AvgIpc) is 2.86. The minimum atomic E-state index is -0.799. The van der Waals surface area contributed by atoms with Gasteiger partial charge in [0.1, 0.15) is 11.6 Å². The van der Waals surface area contributed by atoms with Gasteiger partial charge in [0.15, 0.2) is 11.6 Å². The number of hydrogen-bond donors (Lipinski definition) is 1. The molecule has 0 radical (unpaired) electrons. The van der Waals surface area contributed by atoms with Gasteiger partial charge < -0.3 is 9.84 Å². The lowest BCUT2D eigenvalue weighted by molar-refractivity contribution is 0.218. The molecule has 0 spiro atoms. The first-order valence-corrected chi connectivity index (χ1v) is 11.8. The van der Waals surface area contributed by atoms with Gasteiger partial charge >= 0.3 is 0 Å². The Morgan fingerprint density at radius 3 is 2.32 bits per heavy atom. The van der Waals surface area contributed by atoms with E-state index in [0.29, 0.717) is 54.7 Å². The molecular formula is C29H29F3O2. The molecule has 0 amide bonds. The molecule has 0 saturated heterocycles. The molecule has 1 atom stereocenters. The number of aliphatic hydroxyl groups excluding tert-OH is 1. The number of aryl methyl sites for hydroxylation is 2. The summed E-state index contributed by atoms with van der Waals surface area (Å²) < 4.78 is 49.4. The van der Waals surface area contributed by atoms with E-state index in [0.717, 1.165) is 23.1 Å². The molecular weight excluding hydrogens is 437 g/mol. The summed E-state index contributed by atoms with van der Waals surface area (Å²) in [5, 5.41) is 9.26. The Labute approximate surface area is 198 Å². The van der Waals surface area contributed by atoms with Crippen molar-refractivity contribution in [2.45, 2.75) is 39.0 Å². The zero-order valence-corrected chi connectivity index (χ0v) is 19.3. The summed E-state index contributed by atoms with van der Waals surface area (Å²) in [5.74, 6) is -1.25. The second kappa shape index (κ2) is 10.9. The number of hydrogen-bond acceptors (Lipinski definition) is 2. The van der Waals surface area contributed by atoms with E-state index in [9.17, 15) is 18.3 Å². The maximum absolute atomic E-state index is 14.8. The Hall–Kier alpha value is -3.05. The quantitative estimate of drug-likeness (QED) is 0.383. The predicted octanol–water partition coefficient (Wildman–Crippen LogP) is 7.13. The molecule has 0 aliphatic heterocycles. The fourth-order valence-corrected chi connectivity index (χ4v) is 4.45. The summed E-state index contributed by atoms with van der Waals surface area (Å²) in [5.41, 5.74) is 3.66. The third-order valence-corrected chi connectivity index (χ3v) is 6.49. The molecule has 1 unspecified atom stereocenters. The zero-order valence-electron chi connectivity index (χ0n) is 19.3. The van der Waals surface area contributed by atoms with Crippen LogP contribution in [0.3, 0.4) is 0 Å². The summed E-state index contributed by atoms with van der Waals surface area (Å²) in [4.78, 5) is 0. The van der Waals surface area contributed by atoms with Crippen LogP contribution in [0.15, 0.2) is 60.7 Å². The summed E-state index contributed by atoms with van der Waals surface area (Å²) >= 11 is 0. The van der Waals surface area contributed by atoms with Crippen molar-refractivity contribution in [1.29, 1.82) is 0 Å². The molecule has 3 aromatic carbocycles. The van der Waals surface area contributed by atoms with Gasteiger partial charge in [-0.2, -0.15) is 0 Å². The monoisotopic (exact) mass is 466 g/mol. The van der Waals surface area contributed by atoms with Crippen LogP contribution in [-0.4, -0.2) is 18.3 Å². The van der Waals surface area contributed by atoms with Crippen LogP contribution in [0.25, 0.3) is 16.7 Å². The van der Waals surface area contributed by atoms with Crippen LogP contribution >= 0.6 is 0 Å². The van der Waals surface area contributed by atoms with E-state index in [1.54, 1.807) is 24.3 Å². The fourth-order valence-electron chi connectivity index (χ4n) is 4.45. The fraction of sp³-hybridized carbons (Fsp3) is 0.310. The van der Waals surface area contributed by atoms with Crippen LogP contribution in [-0.2, 0) is 12.8 Å². The van der Waals surface area contributed by atoms with Crippen LogP contribution < -0.4 is 4.74 Å². The Kier molecular flexibility index (Phi) is 7.73. The summed E-state index contributed by atoms with van der Waals surface area (Å²) in [6, 6.07) is 15.6. The molecule has 34 heavy (non-hydrogen) atoms. The van der Waals surface area contributed by atoms with Crippen LogP contribution in [0.4, 0.5) is 13.2 Å². The van der Waals surface area contributed by atoms with E-state index in [4.69, 9.17) is 4.74 Å². The highest BCUT2D eigenvalue weighted by molar-refractivity contribution is 5.67. The minimum absolute atomic E-state index is 0.121. The molecule has 0 heterocycles. The summed E-state index contributed by atoms with van der Waals surface area (Å²) in [7, 11) is 0. The Balaban J connectivity index is 1.43. The largest absolute Gasteiger partial charge is 0.494 e. The third kappa shape index (κ3) is 5.36. The van der Waals surface area contributed by atoms with Gasteiger partial charge in [-0.25, -0.2) is 13.2 Å². The highest BCUT2D eigenvalue weighted by Gasteiger charge is 2.20. The van der Waals surface area contributed by atoms with Crippen molar-refractivity contribution in [2.75, 3.05) is 13.2 Å². The van der Waals surface area contributed by atoms with E-state index >= 15 is 0 Å². The molecule has 178 valence electrons. The lowest BCUT2D eigenvalue weighted by Crippen LogP contribution is -2.10. The molecule has 0 aromatic heterocycles. The van der Waals surface area contributed by atoms with Crippen molar-refractivity contribution in [3.8, 4) is 16.9 Å². The van der Waals surface area contributed by atoms with E-state index in [1.807, 2.05) is 37.3 Å². The molecule has 1 N–H and O–H groups in total. The first-order valence-electron chi connectivity index (χ1n) is 11.8. The number of halogens is 3. The molecule has 0 fully saturated rings. The smallest absolute Gasteiger partial charge is 0.166 e. The second-order valence-electron chi connectivity index (χ2n) is 8.72. The molecule has 0 saturated carbocycles. The maximum Gasteiger partial charge on any atom is 0.166 e. The first kappa shape index (κ1) is 24.1. The number of allylic oxidation sites excluding steroid dienone is 2. The maximum atomic E-state index is 14.8. The van der Waals surface area contributed by atoms with Crippen LogP contribution in [0.2, 0.25) is 0 Å². The average molecular weight is 467 g/mol. The number of aliphatic hydroxyl groups is 1. The zero-order chi connectivity index (χ0) is 24.1.